The van der Waals surface area contributed by atoms with Crippen LogP contribution in [0.2, 0.25) is 0 Å². The van der Waals surface area contributed by atoms with Gasteiger partial charge in [0.2, 0.25) is 0 Å². The largest absolute Gasteiger partial charge is 0.247 e. The number of hydrogen-bond acceptors (Lipinski definition) is 1. The fraction of sp³-hybridized carbons (Fsp3) is 0.409. The van der Waals surface area contributed by atoms with E-state index in [9.17, 15) is 0 Å². The fourth-order valence-electron chi connectivity index (χ4n) is 3.80. The molecule has 1 aromatic heterocycles. The van der Waals surface area contributed by atoms with Crippen molar-refractivity contribution in [3.8, 4) is 0 Å². The van der Waals surface area contributed by atoms with Gasteiger partial charge in [-0.25, -0.2) is 4.98 Å². The van der Waals surface area contributed by atoms with E-state index in [2.05, 4.69) is 73.6 Å². The zero-order valence-electron chi connectivity index (χ0n) is 15.7. The first-order valence-corrected chi connectivity index (χ1v) is 8.43. The van der Waals surface area contributed by atoms with Crippen molar-refractivity contribution in [3.05, 3.63) is 51.6 Å². The lowest BCUT2D eigenvalue weighted by Gasteiger charge is -2.26. The summed E-state index contributed by atoms with van der Waals surface area (Å²) in [6, 6.07) is 6.84. The van der Waals surface area contributed by atoms with Crippen molar-refractivity contribution in [2.45, 2.75) is 60.8 Å². The molecule has 0 saturated heterocycles. The van der Waals surface area contributed by atoms with E-state index in [4.69, 9.17) is 4.98 Å². The van der Waals surface area contributed by atoms with Crippen molar-refractivity contribution in [1.82, 2.24) is 4.98 Å². The van der Waals surface area contributed by atoms with Crippen LogP contribution in [0.5, 0.6) is 0 Å². The van der Waals surface area contributed by atoms with E-state index in [-0.39, 0.29) is 5.41 Å². The maximum atomic E-state index is 5.07. The molecule has 0 aliphatic carbocycles. The molecule has 0 fully saturated rings. The minimum atomic E-state index is 0.0770. The Morgan fingerprint density at radius 2 is 1.43 bits per heavy atom. The molecule has 120 valence electrons. The Kier molecular flexibility index (Phi) is 3.51. The summed E-state index contributed by atoms with van der Waals surface area (Å²) in [5.41, 5.74) is 10.4. The van der Waals surface area contributed by atoms with Crippen molar-refractivity contribution in [2.24, 2.45) is 0 Å². The van der Waals surface area contributed by atoms with Crippen molar-refractivity contribution in [3.63, 3.8) is 0 Å². The summed E-state index contributed by atoms with van der Waals surface area (Å²) in [5.74, 6) is 0. The average molecular weight is 305 g/mol. The van der Waals surface area contributed by atoms with Gasteiger partial charge in [-0.2, -0.15) is 0 Å². The summed E-state index contributed by atoms with van der Waals surface area (Å²) < 4.78 is 0. The van der Waals surface area contributed by atoms with Gasteiger partial charge in [0.15, 0.2) is 0 Å². The molecular formula is C22H27N. The van der Waals surface area contributed by atoms with E-state index in [0.717, 1.165) is 11.0 Å². The Labute approximate surface area is 139 Å². The number of nitrogens with zero attached hydrogens (tertiary/aromatic N) is 1. The molecule has 23 heavy (non-hydrogen) atoms. The number of fused-ring (bicyclic) bond motifs is 2. The maximum Gasteiger partial charge on any atom is 0.0744 e. The van der Waals surface area contributed by atoms with E-state index >= 15 is 0 Å². The van der Waals surface area contributed by atoms with E-state index in [1.165, 1.54) is 44.2 Å². The van der Waals surface area contributed by atoms with E-state index in [1.54, 1.807) is 0 Å². The second kappa shape index (κ2) is 5.06. The van der Waals surface area contributed by atoms with Gasteiger partial charge in [-0.15, -0.1) is 0 Å². The summed E-state index contributed by atoms with van der Waals surface area (Å²) in [7, 11) is 0. The van der Waals surface area contributed by atoms with Gasteiger partial charge in [-0.1, -0.05) is 26.8 Å². The number of benzene rings is 2. The monoisotopic (exact) mass is 305 g/mol. The van der Waals surface area contributed by atoms with Crippen LogP contribution in [0.1, 0.15) is 54.2 Å². The number of aryl methyl sites for hydroxylation is 4. The highest BCUT2D eigenvalue weighted by Crippen LogP contribution is 2.39. The van der Waals surface area contributed by atoms with Gasteiger partial charge in [-0.3, -0.25) is 0 Å². The van der Waals surface area contributed by atoms with Gasteiger partial charge < -0.3 is 0 Å². The first-order chi connectivity index (χ1) is 10.6. The molecule has 0 spiro atoms. The molecule has 0 amide bonds. The Morgan fingerprint density at radius 1 is 0.783 bits per heavy atom. The van der Waals surface area contributed by atoms with Crippen LogP contribution in [0.4, 0.5) is 0 Å². The van der Waals surface area contributed by atoms with E-state index in [1.807, 2.05) is 0 Å². The van der Waals surface area contributed by atoms with Crippen LogP contribution < -0.4 is 0 Å². The minimum Gasteiger partial charge on any atom is -0.247 e. The summed E-state index contributed by atoms with van der Waals surface area (Å²) in [6.45, 7) is 17.9. The second-order valence-electron chi connectivity index (χ2n) is 8.05. The first kappa shape index (κ1) is 16.0. The fourth-order valence-corrected chi connectivity index (χ4v) is 3.80. The number of pyridine rings is 1. The van der Waals surface area contributed by atoms with Crippen molar-refractivity contribution in [2.75, 3.05) is 0 Å². The smallest absolute Gasteiger partial charge is 0.0744 e. The lowest BCUT2D eigenvalue weighted by Crippen LogP contribution is -2.14. The maximum absolute atomic E-state index is 5.07. The third kappa shape index (κ3) is 2.43. The minimum absolute atomic E-state index is 0.0770. The molecule has 0 aliphatic rings. The van der Waals surface area contributed by atoms with Crippen LogP contribution >= 0.6 is 0 Å². The van der Waals surface area contributed by atoms with Gasteiger partial charge in [0, 0.05) is 10.8 Å². The lowest BCUT2D eigenvalue weighted by molar-refractivity contribution is 0.600. The van der Waals surface area contributed by atoms with Crippen molar-refractivity contribution < 1.29 is 0 Å². The highest BCUT2D eigenvalue weighted by molar-refractivity contribution is 6.01. The third-order valence-electron chi connectivity index (χ3n) is 5.09. The quantitative estimate of drug-likeness (QED) is 0.449. The molecular weight excluding hydrogens is 278 g/mol. The number of hydrogen-bond donors (Lipinski definition) is 0. The Balaban J connectivity index is 2.68. The number of rotatable bonds is 0. The Hall–Kier alpha value is -1.89. The molecule has 1 heteroatoms. The van der Waals surface area contributed by atoms with Gasteiger partial charge in [0.1, 0.15) is 0 Å². The second-order valence-corrected chi connectivity index (χ2v) is 8.05. The van der Waals surface area contributed by atoms with Crippen LogP contribution in [-0.2, 0) is 5.41 Å². The van der Waals surface area contributed by atoms with Crippen LogP contribution in [0.3, 0.4) is 0 Å². The molecule has 0 bridgehead atoms. The van der Waals surface area contributed by atoms with E-state index in [0.29, 0.717) is 0 Å². The molecule has 0 atom stereocenters. The third-order valence-corrected chi connectivity index (χ3v) is 5.09. The summed E-state index contributed by atoms with van der Waals surface area (Å²) in [6.07, 6.45) is 0. The topological polar surface area (TPSA) is 12.9 Å². The standard InChI is InChI=1S/C22H27N/c1-12-9-14(3)19-18(10-12)23-21-16(5)15(4)13(2)11-17(21)20(19)22(6,7)8/h9-11H,1-8H3. The molecule has 0 saturated carbocycles. The van der Waals surface area contributed by atoms with E-state index < -0.39 is 0 Å². The van der Waals surface area contributed by atoms with Gasteiger partial charge >= 0.3 is 0 Å². The van der Waals surface area contributed by atoms with Crippen LogP contribution in [0.25, 0.3) is 21.8 Å². The lowest BCUT2D eigenvalue weighted by atomic mass is 9.79. The molecule has 0 radical (unpaired) electrons. The molecule has 1 heterocycles. The molecule has 1 nitrogen and oxygen atoms in total. The zero-order valence-corrected chi connectivity index (χ0v) is 15.7. The Morgan fingerprint density at radius 3 is 2.04 bits per heavy atom. The van der Waals surface area contributed by atoms with Gasteiger partial charge in [-0.05, 0) is 85.5 Å². The van der Waals surface area contributed by atoms with Crippen LogP contribution in [0.15, 0.2) is 18.2 Å². The number of aromatic nitrogens is 1. The zero-order chi connectivity index (χ0) is 17.1. The highest BCUT2D eigenvalue weighted by atomic mass is 14.7. The SMILES string of the molecule is Cc1cc(C)c2c(C(C)(C)C)c3cc(C)c(C)c(C)c3nc2c1. The predicted octanol–water partition coefficient (Wildman–Crippen LogP) is 6.23. The van der Waals surface area contributed by atoms with Crippen LogP contribution in [-0.4, -0.2) is 4.98 Å². The summed E-state index contributed by atoms with van der Waals surface area (Å²) in [4.78, 5) is 5.07. The summed E-state index contributed by atoms with van der Waals surface area (Å²) in [5, 5.41) is 2.65. The average Bonchev–Trinajstić information content (AvgIpc) is 2.42. The van der Waals surface area contributed by atoms with Gasteiger partial charge in [0.05, 0.1) is 11.0 Å². The molecule has 2 aromatic carbocycles. The first-order valence-electron chi connectivity index (χ1n) is 8.43. The molecule has 0 aliphatic heterocycles. The summed E-state index contributed by atoms with van der Waals surface area (Å²) >= 11 is 0. The van der Waals surface area contributed by atoms with Crippen LogP contribution in [0, 0.1) is 34.6 Å². The Bertz CT molecular complexity index is 940. The molecule has 0 N–H and O–H groups in total. The van der Waals surface area contributed by atoms with Gasteiger partial charge in [0.25, 0.3) is 0 Å². The highest BCUT2D eigenvalue weighted by Gasteiger charge is 2.23. The molecule has 0 unspecified atom stereocenters. The molecule has 3 rings (SSSR count). The molecule has 3 aromatic rings. The normalized spacial score (nSPS) is 12.3. The van der Waals surface area contributed by atoms with Crippen molar-refractivity contribution in [1.29, 1.82) is 0 Å². The van der Waals surface area contributed by atoms with Crippen molar-refractivity contribution >= 4 is 21.8 Å². The predicted molar refractivity (Wildman–Crippen MR) is 102 cm³/mol.